The molecule has 2 aliphatic rings. The summed E-state index contributed by atoms with van der Waals surface area (Å²) in [6.07, 6.45) is 8.48. The summed E-state index contributed by atoms with van der Waals surface area (Å²) in [4.78, 5) is 27.6. The number of anilines is 1. The molecule has 2 saturated heterocycles. The maximum atomic E-state index is 11.9. The van der Waals surface area contributed by atoms with Crippen LogP contribution in [0.15, 0.2) is 18.5 Å². The second kappa shape index (κ2) is 11.0. The molecule has 2 aliphatic heterocycles. The summed E-state index contributed by atoms with van der Waals surface area (Å²) in [5.74, 6) is 0.819. The first-order valence-electron chi connectivity index (χ1n) is 10.3. The van der Waals surface area contributed by atoms with Crippen LogP contribution in [-0.4, -0.2) is 91.2 Å². The lowest BCUT2D eigenvalue weighted by Gasteiger charge is -2.34. The van der Waals surface area contributed by atoms with Gasteiger partial charge in [-0.1, -0.05) is 6.42 Å². The average Bonchev–Trinajstić information content (AvgIpc) is 2.73. The number of amides is 2. The van der Waals surface area contributed by atoms with Crippen LogP contribution >= 0.6 is 0 Å². The third-order valence-electron chi connectivity index (χ3n) is 5.31. The number of urea groups is 1. The number of nitrogens with zero attached hydrogens (tertiary/aromatic N) is 5. The normalized spacial score (nSPS) is 19.0. The van der Waals surface area contributed by atoms with Crippen LogP contribution in [0.2, 0.25) is 0 Å². The molecule has 1 aromatic heterocycles. The molecule has 2 amide bonds. The number of hydrogen-bond acceptors (Lipinski definition) is 6. The highest BCUT2D eigenvalue weighted by Crippen LogP contribution is 2.09. The molecule has 0 bridgehead atoms. The van der Waals surface area contributed by atoms with Crippen molar-refractivity contribution in [2.75, 3.05) is 70.3 Å². The number of rotatable bonds is 8. The molecule has 0 aromatic carbocycles. The summed E-state index contributed by atoms with van der Waals surface area (Å²) in [5, 5.41) is 5.94. The van der Waals surface area contributed by atoms with Gasteiger partial charge in [0.05, 0.1) is 0 Å². The highest BCUT2D eigenvalue weighted by atomic mass is 16.2. The Morgan fingerprint density at radius 3 is 2.26 bits per heavy atom. The Morgan fingerprint density at radius 1 is 0.852 bits per heavy atom. The van der Waals surface area contributed by atoms with E-state index in [1.54, 1.807) is 12.4 Å². The number of likely N-dealkylation sites (tertiary alicyclic amines) is 1. The number of aromatic nitrogens is 2. The molecule has 2 fully saturated rings. The SMILES string of the molecule is O=C(NCCCN1CCN(c2ncccn2)CC1)NCCN1CCCCC1. The van der Waals surface area contributed by atoms with Crippen LogP contribution < -0.4 is 15.5 Å². The standard InChI is InChI=1S/C19H33N7O/c27-19(23-9-13-24-10-2-1-3-11-24)22-8-5-12-25-14-16-26(17-15-25)18-20-6-4-7-21-18/h4,6-7H,1-3,5,8-17H2,(H2,22,23,27). The van der Waals surface area contributed by atoms with Crippen LogP contribution in [0.5, 0.6) is 0 Å². The molecule has 0 saturated carbocycles. The first kappa shape index (κ1) is 19.8. The van der Waals surface area contributed by atoms with E-state index in [1.807, 2.05) is 6.07 Å². The van der Waals surface area contributed by atoms with Crippen molar-refractivity contribution in [3.05, 3.63) is 18.5 Å². The van der Waals surface area contributed by atoms with Gasteiger partial charge >= 0.3 is 6.03 Å². The molecule has 27 heavy (non-hydrogen) atoms. The molecule has 0 unspecified atom stereocenters. The van der Waals surface area contributed by atoms with E-state index in [9.17, 15) is 4.79 Å². The third-order valence-corrected chi connectivity index (χ3v) is 5.31. The quantitative estimate of drug-likeness (QED) is 0.654. The van der Waals surface area contributed by atoms with E-state index in [4.69, 9.17) is 0 Å². The van der Waals surface area contributed by atoms with Crippen molar-refractivity contribution in [2.45, 2.75) is 25.7 Å². The van der Waals surface area contributed by atoms with Gasteiger partial charge in [0.2, 0.25) is 5.95 Å². The molecule has 3 heterocycles. The van der Waals surface area contributed by atoms with Gasteiger partial charge in [0.25, 0.3) is 0 Å². The van der Waals surface area contributed by atoms with Gasteiger partial charge in [0.1, 0.15) is 0 Å². The zero-order chi connectivity index (χ0) is 18.7. The summed E-state index contributed by atoms with van der Waals surface area (Å²) in [6, 6.07) is 1.80. The minimum absolute atomic E-state index is 0.0435. The van der Waals surface area contributed by atoms with Crippen LogP contribution in [0.1, 0.15) is 25.7 Å². The molecule has 0 aliphatic carbocycles. The summed E-state index contributed by atoms with van der Waals surface area (Å²) in [7, 11) is 0. The molecule has 150 valence electrons. The number of piperidine rings is 1. The number of nitrogens with one attached hydrogen (secondary N) is 2. The maximum absolute atomic E-state index is 11.9. The van der Waals surface area contributed by atoms with Crippen LogP contribution in [0, 0.1) is 0 Å². The highest BCUT2D eigenvalue weighted by Gasteiger charge is 2.18. The molecule has 2 N–H and O–H groups in total. The molecular formula is C19H33N7O. The first-order chi connectivity index (χ1) is 13.3. The number of piperazine rings is 1. The Balaban J connectivity index is 1.20. The number of carbonyl (C=O) groups is 1. The summed E-state index contributed by atoms with van der Waals surface area (Å²) >= 11 is 0. The Labute approximate surface area is 162 Å². The Bertz CT molecular complexity index is 542. The smallest absolute Gasteiger partial charge is 0.314 e. The molecular weight excluding hydrogens is 342 g/mol. The second-order valence-corrected chi connectivity index (χ2v) is 7.32. The molecule has 3 rings (SSSR count). The van der Waals surface area contributed by atoms with E-state index >= 15 is 0 Å². The van der Waals surface area contributed by atoms with E-state index in [-0.39, 0.29) is 6.03 Å². The van der Waals surface area contributed by atoms with Gasteiger partial charge in [0, 0.05) is 58.2 Å². The molecule has 0 spiro atoms. The zero-order valence-corrected chi connectivity index (χ0v) is 16.3. The lowest BCUT2D eigenvalue weighted by molar-refractivity contribution is 0.219. The molecule has 8 heteroatoms. The minimum Gasteiger partial charge on any atom is -0.338 e. The average molecular weight is 376 g/mol. The monoisotopic (exact) mass is 375 g/mol. The van der Waals surface area contributed by atoms with Gasteiger partial charge in [-0.3, -0.25) is 4.90 Å². The van der Waals surface area contributed by atoms with Crippen molar-refractivity contribution in [3.63, 3.8) is 0 Å². The molecule has 0 radical (unpaired) electrons. The lowest BCUT2D eigenvalue weighted by Crippen LogP contribution is -2.47. The third kappa shape index (κ3) is 6.95. The van der Waals surface area contributed by atoms with Crippen molar-refractivity contribution in [2.24, 2.45) is 0 Å². The van der Waals surface area contributed by atoms with Gasteiger partial charge in [-0.15, -0.1) is 0 Å². The predicted octanol–water partition coefficient (Wildman–Crippen LogP) is 0.774. The van der Waals surface area contributed by atoms with Crippen LogP contribution in [0.4, 0.5) is 10.7 Å². The Morgan fingerprint density at radius 2 is 1.52 bits per heavy atom. The van der Waals surface area contributed by atoms with Crippen molar-refractivity contribution in [3.8, 4) is 0 Å². The summed E-state index contributed by atoms with van der Waals surface area (Å²) in [6.45, 7) is 9.70. The van der Waals surface area contributed by atoms with Crippen molar-refractivity contribution in [1.82, 2.24) is 30.4 Å². The fourth-order valence-corrected chi connectivity index (χ4v) is 3.70. The van der Waals surface area contributed by atoms with Gasteiger partial charge in [-0.25, -0.2) is 14.8 Å². The number of carbonyl (C=O) groups excluding carboxylic acids is 1. The van der Waals surface area contributed by atoms with Crippen molar-refractivity contribution < 1.29 is 4.79 Å². The van der Waals surface area contributed by atoms with Gasteiger partial charge in [-0.05, 0) is 45.0 Å². The van der Waals surface area contributed by atoms with Crippen molar-refractivity contribution >= 4 is 12.0 Å². The second-order valence-electron chi connectivity index (χ2n) is 7.32. The Kier molecular flexibility index (Phi) is 8.10. The Hall–Kier alpha value is -1.93. The minimum atomic E-state index is -0.0435. The van der Waals surface area contributed by atoms with E-state index in [0.29, 0.717) is 0 Å². The fraction of sp³-hybridized carbons (Fsp3) is 0.737. The van der Waals surface area contributed by atoms with Crippen LogP contribution in [0.25, 0.3) is 0 Å². The van der Waals surface area contributed by atoms with Crippen LogP contribution in [0.3, 0.4) is 0 Å². The molecule has 8 nitrogen and oxygen atoms in total. The predicted molar refractivity (Wildman–Crippen MR) is 107 cm³/mol. The largest absolute Gasteiger partial charge is 0.338 e. The zero-order valence-electron chi connectivity index (χ0n) is 16.3. The van der Waals surface area contributed by atoms with Gasteiger partial charge in [0.15, 0.2) is 0 Å². The molecule has 0 atom stereocenters. The highest BCUT2D eigenvalue weighted by molar-refractivity contribution is 5.73. The summed E-state index contributed by atoms with van der Waals surface area (Å²) < 4.78 is 0. The van der Waals surface area contributed by atoms with E-state index in [0.717, 1.165) is 64.7 Å². The van der Waals surface area contributed by atoms with E-state index < -0.39 is 0 Å². The van der Waals surface area contributed by atoms with Crippen LogP contribution in [-0.2, 0) is 0 Å². The van der Waals surface area contributed by atoms with Gasteiger partial charge < -0.3 is 20.4 Å². The first-order valence-corrected chi connectivity index (χ1v) is 10.3. The summed E-state index contributed by atoms with van der Waals surface area (Å²) in [5.41, 5.74) is 0. The maximum Gasteiger partial charge on any atom is 0.314 e. The lowest BCUT2D eigenvalue weighted by atomic mass is 10.1. The van der Waals surface area contributed by atoms with Crippen molar-refractivity contribution in [1.29, 1.82) is 0 Å². The fourth-order valence-electron chi connectivity index (χ4n) is 3.70. The molecule has 1 aromatic rings. The van der Waals surface area contributed by atoms with E-state index in [2.05, 4.69) is 35.3 Å². The number of hydrogen-bond donors (Lipinski definition) is 2. The van der Waals surface area contributed by atoms with Gasteiger partial charge in [-0.2, -0.15) is 0 Å². The topological polar surface area (TPSA) is 76.6 Å². The van der Waals surface area contributed by atoms with E-state index in [1.165, 1.54) is 32.4 Å².